The van der Waals surface area contributed by atoms with Crippen molar-refractivity contribution < 1.29 is 5.11 Å². The van der Waals surface area contributed by atoms with Gasteiger partial charge >= 0.3 is 0 Å². The third-order valence-electron chi connectivity index (χ3n) is 2.61. The number of phenolic OH excluding ortho intramolecular Hbond substituents is 1. The molecule has 0 spiro atoms. The Kier molecular flexibility index (Phi) is 2.93. The van der Waals surface area contributed by atoms with Crippen molar-refractivity contribution in [2.75, 3.05) is 11.5 Å². The highest BCUT2D eigenvalue weighted by atomic mass is 16.3. The molecule has 0 radical (unpaired) electrons. The zero-order chi connectivity index (χ0) is 14.0. The molecule has 0 saturated heterocycles. The predicted octanol–water partition coefficient (Wildman–Crippen LogP) is 1.36. The molecule has 1 aromatic carbocycles. The Morgan fingerprint density at radius 3 is 2.11 bits per heavy atom. The lowest BCUT2D eigenvalue weighted by Crippen LogP contribution is -2.05. The van der Waals surface area contributed by atoms with E-state index in [9.17, 15) is 5.11 Å². The Morgan fingerprint density at radius 1 is 1.05 bits per heavy atom. The number of aromatic nitrogens is 1. The van der Waals surface area contributed by atoms with Gasteiger partial charge in [-0.15, -0.1) is 0 Å². The number of hydrogen-bond donors (Lipinski definition) is 3. The average molecular weight is 251 g/mol. The zero-order valence-electron chi connectivity index (χ0n) is 9.75. The van der Waals surface area contributed by atoms with Crippen molar-refractivity contribution in [3.63, 3.8) is 0 Å². The lowest BCUT2D eigenvalue weighted by molar-refractivity contribution is 0.475. The molecule has 1 heterocycles. The van der Waals surface area contributed by atoms with Crippen LogP contribution in [0.3, 0.4) is 0 Å². The quantitative estimate of drug-likeness (QED) is 0.700. The first-order valence-electron chi connectivity index (χ1n) is 5.27. The average Bonchev–Trinajstić information content (AvgIpc) is 2.38. The van der Waals surface area contributed by atoms with Gasteiger partial charge in [-0.3, -0.25) is 0 Å². The van der Waals surface area contributed by atoms with Crippen molar-refractivity contribution >= 4 is 11.6 Å². The molecule has 0 fully saturated rings. The molecular formula is C13H9N5O. The summed E-state index contributed by atoms with van der Waals surface area (Å²) < 4.78 is 0. The molecule has 0 aliphatic rings. The molecule has 19 heavy (non-hydrogen) atoms. The van der Waals surface area contributed by atoms with Gasteiger partial charge < -0.3 is 16.6 Å². The van der Waals surface area contributed by atoms with Gasteiger partial charge in [0.2, 0.25) is 0 Å². The second-order valence-corrected chi connectivity index (χ2v) is 3.78. The first-order chi connectivity index (χ1) is 9.08. The maximum absolute atomic E-state index is 9.50. The summed E-state index contributed by atoms with van der Waals surface area (Å²) in [6.45, 7) is 0. The van der Waals surface area contributed by atoms with E-state index >= 15 is 0 Å². The fourth-order valence-electron chi connectivity index (χ4n) is 1.80. The highest BCUT2D eigenvalue weighted by molar-refractivity contribution is 5.84. The summed E-state index contributed by atoms with van der Waals surface area (Å²) in [5, 5.41) is 27.8. The molecule has 6 heteroatoms. The number of rotatable bonds is 1. The van der Waals surface area contributed by atoms with E-state index < -0.39 is 0 Å². The normalized spacial score (nSPS) is 9.58. The summed E-state index contributed by atoms with van der Waals surface area (Å²) in [6, 6.07) is 9.97. The second kappa shape index (κ2) is 4.55. The van der Waals surface area contributed by atoms with Crippen molar-refractivity contribution in [3.8, 4) is 29.0 Å². The van der Waals surface area contributed by atoms with Gasteiger partial charge in [0.15, 0.2) is 0 Å². The number of aromatic hydroxyl groups is 1. The van der Waals surface area contributed by atoms with Crippen molar-refractivity contribution in [2.24, 2.45) is 0 Å². The summed E-state index contributed by atoms with van der Waals surface area (Å²) in [5.74, 6) is -0.0751. The molecule has 6 nitrogen and oxygen atoms in total. The van der Waals surface area contributed by atoms with E-state index in [1.54, 1.807) is 12.1 Å². The lowest BCUT2D eigenvalue weighted by Gasteiger charge is -2.10. The van der Waals surface area contributed by atoms with Crippen LogP contribution in [0.2, 0.25) is 0 Å². The summed E-state index contributed by atoms with van der Waals surface area (Å²) >= 11 is 0. The Balaban J connectivity index is 2.89. The maximum Gasteiger partial charge on any atom is 0.144 e. The molecule has 0 aliphatic heterocycles. The van der Waals surface area contributed by atoms with Crippen molar-refractivity contribution in [1.29, 1.82) is 10.5 Å². The summed E-state index contributed by atoms with van der Waals surface area (Å²) in [5.41, 5.74) is 12.2. The van der Waals surface area contributed by atoms with Crippen LogP contribution in [-0.4, -0.2) is 10.1 Å². The second-order valence-electron chi connectivity index (χ2n) is 3.78. The SMILES string of the molecule is N#Cc1c(N)nc(N)c(C#N)c1-c1cccc(O)c1. The van der Waals surface area contributed by atoms with Crippen LogP contribution < -0.4 is 11.5 Å². The molecule has 0 bridgehead atoms. The van der Waals surface area contributed by atoms with E-state index in [2.05, 4.69) is 4.98 Å². The van der Waals surface area contributed by atoms with E-state index in [1.165, 1.54) is 12.1 Å². The van der Waals surface area contributed by atoms with Gasteiger partial charge in [0.25, 0.3) is 0 Å². The minimum atomic E-state index is -0.0441. The predicted molar refractivity (Wildman–Crippen MR) is 69.6 cm³/mol. The number of pyridine rings is 1. The monoisotopic (exact) mass is 251 g/mol. The highest BCUT2D eigenvalue weighted by Crippen LogP contribution is 2.33. The molecular weight excluding hydrogens is 242 g/mol. The largest absolute Gasteiger partial charge is 0.508 e. The number of nitriles is 2. The van der Waals surface area contributed by atoms with Gasteiger partial charge in [-0.1, -0.05) is 12.1 Å². The first-order valence-corrected chi connectivity index (χ1v) is 5.27. The van der Waals surface area contributed by atoms with Crippen LogP contribution in [-0.2, 0) is 0 Å². The Bertz CT molecular complexity index is 702. The van der Waals surface area contributed by atoms with Crippen LogP contribution in [0, 0.1) is 22.7 Å². The number of hydrogen-bond acceptors (Lipinski definition) is 6. The van der Waals surface area contributed by atoms with E-state index in [1.807, 2.05) is 12.1 Å². The lowest BCUT2D eigenvalue weighted by atomic mass is 9.96. The molecule has 92 valence electrons. The van der Waals surface area contributed by atoms with Crippen LogP contribution in [0.5, 0.6) is 5.75 Å². The zero-order valence-corrected chi connectivity index (χ0v) is 9.75. The molecule has 2 rings (SSSR count). The molecule has 0 saturated carbocycles. The van der Waals surface area contributed by atoms with E-state index in [0.29, 0.717) is 5.56 Å². The van der Waals surface area contributed by atoms with Crippen molar-refractivity contribution in [2.45, 2.75) is 0 Å². The van der Waals surface area contributed by atoms with Gasteiger partial charge in [0.05, 0.1) is 0 Å². The first kappa shape index (κ1) is 12.2. The minimum Gasteiger partial charge on any atom is -0.508 e. The Hall–Kier alpha value is -3.25. The van der Waals surface area contributed by atoms with Crippen LogP contribution in [0.4, 0.5) is 11.6 Å². The maximum atomic E-state index is 9.50. The molecule has 1 aromatic heterocycles. The Morgan fingerprint density at radius 2 is 1.63 bits per heavy atom. The summed E-state index contributed by atoms with van der Waals surface area (Å²) in [7, 11) is 0. The fourth-order valence-corrected chi connectivity index (χ4v) is 1.80. The number of benzene rings is 1. The van der Waals surface area contributed by atoms with Crippen LogP contribution in [0.15, 0.2) is 24.3 Å². The van der Waals surface area contributed by atoms with Gasteiger partial charge in [0, 0.05) is 5.56 Å². The number of phenols is 1. The topological polar surface area (TPSA) is 133 Å². The van der Waals surface area contributed by atoms with Crippen LogP contribution >= 0.6 is 0 Å². The molecule has 0 amide bonds. The molecule has 2 aromatic rings. The highest BCUT2D eigenvalue weighted by Gasteiger charge is 2.18. The van der Waals surface area contributed by atoms with Crippen LogP contribution in [0.25, 0.3) is 11.1 Å². The van der Waals surface area contributed by atoms with Crippen molar-refractivity contribution in [3.05, 3.63) is 35.4 Å². The molecule has 0 atom stereocenters. The van der Waals surface area contributed by atoms with Gasteiger partial charge in [-0.25, -0.2) is 4.98 Å². The summed E-state index contributed by atoms with van der Waals surface area (Å²) in [6.07, 6.45) is 0. The third-order valence-corrected chi connectivity index (χ3v) is 2.61. The van der Waals surface area contributed by atoms with Crippen LogP contribution in [0.1, 0.15) is 11.1 Å². The molecule has 5 N–H and O–H groups in total. The Labute approximate surface area is 109 Å². The van der Waals surface area contributed by atoms with E-state index in [-0.39, 0.29) is 34.1 Å². The smallest absolute Gasteiger partial charge is 0.144 e. The fraction of sp³-hybridized carbons (Fsp3) is 0. The number of nitrogens with zero attached hydrogens (tertiary/aromatic N) is 3. The number of anilines is 2. The van der Waals surface area contributed by atoms with Gasteiger partial charge in [-0.2, -0.15) is 10.5 Å². The minimum absolute atomic E-state index is 0.0132. The standard InChI is InChI=1S/C13H9N5O/c14-5-9-11(7-2-1-3-8(19)4-7)10(6-15)13(17)18-12(9)16/h1-4,19H,(H4,16,17,18). The van der Waals surface area contributed by atoms with Gasteiger partial charge in [-0.05, 0) is 17.7 Å². The summed E-state index contributed by atoms with van der Waals surface area (Å²) in [4.78, 5) is 3.77. The van der Waals surface area contributed by atoms with Crippen molar-refractivity contribution in [1.82, 2.24) is 4.98 Å². The number of nitrogens with two attached hydrogens (primary N) is 2. The van der Waals surface area contributed by atoms with Gasteiger partial charge in [0.1, 0.15) is 40.7 Å². The van der Waals surface area contributed by atoms with E-state index in [0.717, 1.165) is 0 Å². The number of nitrogen functional groups attached to an aromatic ring is 2. The molecule has 0 unspecified atom stereocenters. The van der Waals surface area contributed by atoms with E-state index in [4.69, 9.17) is 22.0 Å². The third kappa shape index (κ3) is 1.99. The molecule has 0 aliphatic carbocycles.